The minimum Gasteiger partial charge on any atom is -0.479 e. The van der Waals surface area contributed by atoms with Gasteiger partial charge in [0.2, 0.25) is 0 Å². The maximum Gasteiger partial charge on any atom is 0.335 e. The van der Waals surface area contributed by atoms with Crippen LogP contribution in [0.4, 0.5) is 0 Å². The van der Waals surface area contributed by atoms with Gasteiger partial charge < -0.3 is 9.84 Å². The van der Waals surface area contributed by atoms with Crippen molar-refractivity contribution in [2.75, 3.05) is 6.61 Å². The molecule has 0 spiro atoms. The van der Waals surface area contributed by atoms with E-state index in [-0.39, 0.29) is 0 Å². The Morgan fingerprint density at radius 2 is 2.18 bits per heavy atom. The summed E-state index contributed by atoms with van der Waals surface area (Å²) in [5.74, 6) is -0.823. The van der Waals surface area contributed by atoms with E-state index >= 15 is 0 Å². The van der Waals surface area contributed by atoms with Crippen LogP contribution in [0.15, 0.2) is 24.4 Å². The molecular formula is C13H17NO3. The Morgan fingerprint density at radius 3 is 2.76 bits per heavy atom. The molecule has 1 saturated carbocycles. The predicted molar refractivity (Wildman–Crippen MR) is 62.7 cm³/mol. The van der Waals surface area contributed by atoms with Gasteiger partial charge in [-0.2, -0.15) is 0 Å². The first kappa shape index (κ1) is 12.0. The normalized spacial score (nSPS) is 18.1. The average Bonchev–Trinajstić information content (AvgIpc) is 2.80. The highest BCUT2D eigenvalue weighted by Crippen LogP contribution is 2.33. The lowest BCUT2D eigenvalue weighted by Gasteiger charge is -2.24. The van der Waals surface area contributed by atoms with E-state index in [9.17, 15) is 9.90 Å². The van der Waals surface area contributed by atoms with Gasteiger partial charge in [-0.25, -0.2) is 4.79 Å². The van der Waals surface area contributed by atoms with E-state index in [4.69, 9.17) is 4.74 Å². The Hall–Kier alpha value is -1.42. The molecule has 92 valence electrons. The minimum atomic E-state index is -0.936. The smallest absolute Gasteiger partial charge is 0.335 e. The number of carboxylic acid groups (broad SMARTS) is 1. The van der Waals surface area contributed by atoms with Crippen LogP contribution < -0.4 is 0 Å². The lowest BCUT2D eigenvalue weighted by molar-refractivity contribution is -0.165. The van der Waals surface area contributed by atoms with Crippen molar-refractivity contribution in [2.24, 2.45) is 0 Å². The minimum absolute atomic E-state index is 0.420. The quantitative estimate of drug-likeness (QED) is 0.848. The number of rotatable bonds is 5. The molecular weight excluding hydrogens is 218 g/mol. The van der Waals surface area contributed by atoms with E-state index in [0.717, 1.165) is 18.5 Å². The molecule has 0 bridgehead atoms. The van der Waals surface area contributed by atoms with Gasteiger partial charge in [-0.15, -0.1) is 0 Å². The maximum absolute atomic E-state index is 11.2. The molecule has 0 radical (unpaired) electrons. The fraction of sp³-hybridized carbons (Fsp3) is 0.538. The highest BCUT2D eigenvalue weighted by Gasteiger charge is 2.42. The Morgan fingerprint density at radius 1 is 1.41 bits per heavy atom. The zero-order valence-electron chi connectivity index (χ0n) is 9.76. The number of aromatic nitrogens is 1. The summed E-state index contributed by atoms with van der Waals surface area (Å²) in [7, 11) is 0. The lowest BCUT2D eigenvalue weighted by Crippen LogP contribution is -2.39. The summed E-state index contributed by atoms with van der Waals surface area (Å²) in [6, 6.07) is 5.70. The highest BCUT2D eigenvalue weighted by molar-refractivity contribution is 5.77. The molecule has 0 unspecified atom stereocenters. The fourth-order valence-electron chi connectivity index (χ4n) is 2.26. The molecule has 0 amide bonds. The highest BCUT2D eigenvalue weighted by atomic mass is 16.5. The first-order chi connectivity index (χ1) is 8.23. The molecule has 1 aromatic rings. The van der Waals surface area contributed by atoms with Crippen molar-refractivity contribution in [3.63, 3.8) is 0 Å². The summed E-state index contributed by atoms with van der Waals surface area (Å²) in [5.41, 5.74) is 0.000410. The van der Waals surface area contributed by atoms with Crippen molar-refractivity contribution >= 4 is 5.97 Å². The van der Waals surface area contributed by atoms with Gasteiger partial charge in [-0.1, -0.05) is 6.07 Å². The zero-order valence-corrected chi connectivity index (χ0v) is 9.76. The van der Waals surface area contributed by atoms with E-state index in [1.165, 1.54) is 0 Å². The van der Waals surface area contributed by atoms with Crippen LogP contribution in [0.25, 0.3) is 0 Å². The number of hydrogen-bond donors (Lipinski definition) is 1. The summed E-state index contributed by atoms with van der Waals surface area (Å²) in [6.07, 6.45) is 5.54. The molecule has 1 fully saturated rings. The second kappa shape index (κ2) is 5.27. The van der Waals surface area contributed by atoms with Crippen LogP contribution in [-0.2, 0) is 16.0 Å². The van der Waals surface area contributed by atoms with E-state index in [1.807, 2.05) is 18.2 Å². The van der Waals surface area contributed by atoms with Crippen LogP contribution in [0.2, 0.25) is 0 Å². The van der Waals surface area contributed by atoms with Gasteiger partial charge in [0.25, 0.3) is 0 Å². The Labute approximate surface area is 101 Å². The van der Waals surface area contributed by atoms with Crippen molar-refractivity contribution in [3.8, 4) is 0 Å². The molecule has 1 aliphatic rings. The van der Waals surface area contributed by atoms with Crippen molar-refractivity contribution in [3.05, 3.63) is 30.1 Å². The Kier molecular flexibility index (Phi) is 3.74. The predicted octanol–water partition coefficient (Wildman–Crippen LogP) is 2.04. The molecule has 1 aromatic heterocycles. The third-order valence-corrected chi connectivity index (χ3v) is 3.26. The summed E-state index contributed by atoms with van der Waals surface area (Å²) in [6.45, 7) is 0.420. The summed E-state index contributed by atoms with van der Waals surface area (Å²) < 4.78 is 5.62. The van der Waals surface area contributed by atoms with Gasteiger partial charge in [0.05, 0.1) is 6.61 Å². The molecule has 1 aliphatic carbocycles. The van der Waals surface area contributed by atoms with Gasteiger partial charge in [0, 0.05) is 18.3 Å². The van der Waals surface area contributed by atoms with E-state index in [2.05, 4.69) is 4.98 Å². The standard InChI is InChI=1S/C13H17NO3/c15-12(16)13(7-2-3-8-13)17-10-6-11-5-1-4-9-14-11/h1,4-5,9H,2-3,6-8,10H2,(H,15,16). The molecule has 1 N–H and O–H groups in total. The van der Waals surface area contributed by atoms with Crippen molar-refractivity contribution in [2.45, 2.75) is 37.7 Å². The van der Waals surface area contributed by atoms with E-state index in [1.54, 1.807) is 6.20 Å². The number of carboxylic acids is 1. The summed E-state index contributed by atoms with van der Waals surface area (Å²) >= 11 is 0. The van der Waals surface area contributed by atoms with Gasteiger partial charge in [-0.05, 0) is 37.8 Å². The molecule has 4 nitrogen and oxygen atoms in total. The van der Waals surface area contributed by atoms with Crippen molar-refractivity contribution in [1.29, 1.82) is 0 Å². The SMILES string of the molecule is O=C(O)C1(OCCc2ccccn2)CCCC1. The average molecular weight is 235 g/mol. The largest absolute Gasteiger partial charge is 0.479 e. The molecule has 0 saturated heterocycles. The van der Waals surface area contributed by atoms with Crippen molar-refractivity contribution < 1.29 is 14.6 Å². The van der Waals surface area contributed by atoms with Crippen LogP contribution in [0.5, 0.6) is 0 Å². The first-order valence-corrected chi connectivity index (χ1v) is 6.00. The fourth-order valence-corrected chi connectivity index (χ4v) is 2.26. The molecule has 0 aromatic carbocycles. The first-order valence-electron chi connectivity index (χ1n) is 6.00. The van der Waals surface area contributed by atoms with E-state index in [0.29, 0.717) is 25.9 Å². The van der Waals surface area contributed by atoms with Gasteiger partial charge in [0.1, 0.15) is 0 Å². The number of ether oxygens (including phenoxy) is 1. The monoisotopic (exact) mass is 235 g/mol. The molecule has 4 heteroatoms. The molecule has 0 aliphatic heterocycles. The second-order valence-electron chi connectivity index (χ2n) is 4.43. The summed E-state index contributed by atoms with van der Waals surface area (Å²) in [4.78, 5) is 15.4. The molecule has 2 rings (SSSR count). The number of nitrogens with zero attached hydrogens (tertiary/aromatic N) is 1. The molecule has 1 heterocycles. The van der Waals surface area contributed by atoms with Gasteiger partial charge in [0.15, 0.2) is 5.60 Å². The second-order valence-corrected chi connectivity index (χ2v) is 4.43. The molecule has 0 atom stereocenters. The van der Waals surface area contributed by atoms with Gasteiger partial charge >= 0.3 is 5.97 Å². The van der Waals surface area contributed by atoms with Crippen LogP contribution >= 0.6 is 0 Å². The Bertz CT molecular complexity index is 372. The number of aliphatic carboxylic acids is 1. The number of hydrogen-bond acceptors (Lipinski definition) is 3. The number of pyridine rings is 1. The number of carbonyl (C=O) groups is 1. The topological polar surface area (TPSA) is 59.4 Å². The van der Waals surface area contributed by atoms with Crippen LogP contribution in [0.1, 0.15) is 31.4 Å². The van der Waals surface area contributed by atoms with Crippen molar-refractivity contribution in [1.82, 2.24) is 4.98 Å². The lowest BCUT2D eigenvalue weighted by atomic mass is 10.0. The maximum atomic E-state index is 11.2. The summed E-state index contributed by atoms with van der Waals surface area (Å²) in [5, 5.41) is 9.22. The van der Waals surface area contributed by atoms with Gasteiger partial charge in [-0.3, -0.25) is 4.98 Å². The third kappa shape index (κ3) is 2.82. The van der Waals surface area contributed by atoms with Crippen LogP contribution in [0, 0.1) is 0 Å². The Balaban J connectivity index is 1.87. The van der Waals surface area contributed by atoms with Crippen LogP contribution in [0.3, 0.4) is 0 Å². The zero-order chi connectivity index (χ0) is 12.1. The van der Waals surface area contributed by atoms with Crippen LogP contribution in [-0.4, -0.2) is 28.3 Å². The van der Waals surface area contributed by atoms with E-state index < -0.39 is 11.6 Å². The molecule has 17 heavy (non-hydrogen) atoms. The third-order valence-electron chi connectivity index (χ3n) is 3.26.